The van der Waals surface area contributed by atoms with E-state index >= 15 is 0 Å². The first kappa shape index (κ1) is 78.1. The van der Waals surface area contributed by atoms with Crippen LogP contribution in [-0.2, 0) is 14.3 Å². The summed E-state index contributed by atoms with van der Waals surface area (Å²) in [6.07, 6.45) is 83.7. The van der Waals surface area contributed by atoms with Crippen molar-refractivity contribution < 1.29 is 39.8 Å². The molecule has 1 heterocycles. The molecule has 0 aromatic carbocycles. The summed E-state index contributed by atoms with van der Waals surface area (Å²) in [7, 11) is 0. The first-order chi connectivity index (χ1) is 40.8. The van der Waals surface area contributed by atoms with Crippen molar-refractivity contribution in [2.24, 2.45) is 0 Å². The number of ether oxygens (including phenoxy) is 2. The number of rotatable bonds is 60. The standard InChI is InChI=1S/C74H131NO8/c1-3-5-7-9-11-13-15-17-19-21-23-25-27-29-31-32-33-34-35-36-38-39-41-43-45-47-49-51-53-55-57-59-61-63-68(77)67(66-82-74-73(81)72(80)71(79)69(65-76)83-74)75-70(78)64-62-60-58-56-54-52-50-48-46-44-42-40-37-30-28-26-24-22-20-18-16-14-12-10-8-6-4-2/h6,8,12,14,18,20,24,26,30,37,42,44,53,55,61,63,67-69,71-74,76-77,79-81H,3-5,7,9-11,13,15-17,19,21-23,25,27-29,31-36,38-41,43,45-52,54,56-60,62,64-66H2,1-2H3,(H,75,78)/b8-6-,14-12-,20-18-,26-24-,37-30-,44-42-,55-53+,63-61+. The largest absolute Gasteiger partial charge is 0.394 e. The molecular formula is C74H131NO8. The van der Waals surface area contributed by atoms with E-state index in [1.54, 1.807) is 6.08 Å². The highest BCUT2D eigenvalue weighted by atomic mass is 16.7. The Morgan fingerprint density at radius 3 is 1.16 bits per heavy atom. The molecule has 0 bridgehead atoms. The molecule has 1 aliphatic heterocycles. The van der Waals surface area contributed by atoms with Crippen LogP contribution in [0.1, 0.15) is 309 Å². The molecule has 0 saturated carbocycles. The van der Waals surface area contributed by atoms with Crippen LogP contribution in [0.2, 0.25) is 0 Å². The Balaban J connectivity index is 2.17. The van der Waals surface area contributed by atoms with Gasteiger partial charge >= 0.3 is 0 Å². The quantitative estimate of drug-likeness (QED) is 0.0261. The summed E-state index contributed by atoms with van der Waals surface area (Å²) >= 11 is 0. The van der Waals surface area contributed by atoms with Crippen LogP contribution in [0.15, 0.2) is 97.2 Å². The lowest BCUT2D eigenvalue weighted by atomic mass is 9.99. The van der Waals surface area contributed by atoms with Gasteiger partial charge in [0.15, 0.2) is 6.29 Å². The van der Waals surface area contributed by atoms with Gasteiger partial charge in [-0.05, 0) is 83.5 Å². The SMILES string of the molecule is CC/C=C\C/C=C\C/C=C\C/C=C\C/C=C\C/C=C\CCCCCCCCCCC(=O)NC(COC1OC(CO)C(O)C(O)C1O)C(O)/C=C/CC/C=C/CCCCCCCCCCCCCCCCCCCCCCCCCCCCC. The second-order valence-electron chi connectivity index (χ2n) is 23.9. The van der Waals surface area contributed by atoms with Gasteiger partial charge in [-0.2, -0.15) is 0 Å². The van der Waals surface area contributed by atoms with Crippen LogP contribution in [0.25, 0.3) is 0 Å². The average molecular weight is 1160 g/mol. The Morgan fingerprint density at radius 1 is 0.422 bits per heavy atom. The van der Waals surface area contributed by atoms with E-state index in [0.717, 1.165) is 89.9 Å². The molecule has 0 aromatic rings. The zero-order valence-electron chi connectivity index (χ0n) is 53.7. The van der Waals surface area contributed by atoms with Gasteiger partial charge in [-0.15, -0.1) is 0 Å². The number of carbonyl (C=O) groups is 1. The monoisotopic (exact) mass is 1160 g/mol. The van der Waals surface area contributed by atoms with Crippen LogP contribution in [0.4, 0.5) is 0 Å². The van der Waals surface area contributed by atoms with Crippen molar-refractivity contribution >= 4 is 5.91 Å². The highest BCUT2D eigenvalue weighted by Crippen LogP contribution is 2.23. The third kappa shape index (κ3) is 50.9. The van der Waals surface area contributed by atoms with E-state index in [0.29, 0.717) is 6.42 Å². The van der Waals surface area contributed by atoms with Gasteiger partial charge < -0.3 is 40.3 Å². The molecule has 83 heavy (non-hydrogen) atoms. The number of hydrogen-bond donors (Lipinski definition) is 6. The molecule has 0 aliphatic carbocycles. The van der Waals surface area contributed by atoms with Crippen LogP contribution in [0.5, 0.6) is 0 Å². The minimum Gasteiger partial charge on any atom is -0.394 e. The molecule has 9 nitrogen and oxygen atoms in total. The van der Waals surface area contributed by atoms with E-state index in [-0.39, 0.29) is 12.5 Å². The topological polar surface area (TPSA) is 149 Å². The fourth-order valence-electron chi connectivity index (χ4n) is 10.7. The van der Waals surface area contributed by atoms with Crippen molar-refractivity contribution in [3.8, 4) is 0 Å². The lowest BCUT2D eigenvalue weighted by Gasteiger charge is -2.40. The maximum absolute atomic E-state index is 13.1. The zero-order valence-corrected chi connectivity index (χ0v) is 53.7. The Hall–Kier alpha value is -2.89. The molecule has 7 unspecified atom stereocenters. The van der Waals surface area contributed by atoms with Crippen LogP contribution >= 0.6 is 0 Å². The predicted molar refractivity (Wildman–Crippen MR) is 355 cm³/mol. The molecule has 0 aromatic heterocycles. The van der Waals surface area contributed by atoms with Gasteiger partial charge in [0, 0.05) is 6.42 Å². The molecule has 1 fully saturated rings. The van der Waals surface area contributed by atoms with Gasteiger partial charge in [0.1, 0.15) is 24.4 Å². The smallest absolute Gasteiger partial charge is 0.220 e. The minimum atomic E-state index is -1.58. The number of allylic oxidation sites excluding steroid dienone is 15. The van der Waals surface area contributed by atoms with Crippen molar-refractivity contribution in [1.82, 2.24) is 5.32 Å². The van der Waals surface area contributed by atoms with Crippen molar-refractivity contribution in [1.29, 1.82) is 0 Å². The zero-order chi connectivity index (χ0) is 60.0. The Bertz CT molecular complexity index is 1630. The summed E-state index contributed by atoms with van der Waals surface area (Å²) in [5.41, 5.74) is 0. The summed E-state index contributed by atoms with van der Waals surface area (Å²) in [5, 5.41) is 54.7. The number of aliphatic hydroxyl groups is 5. The lowest BCUT2D eigenvalue weighted by molar-refractivity contribution is -0.302. The van der Waals surface area contributed by atoms with Crippen molar-refractivity contribution in [3.05, 3.63) is 97.2 Å². The first-order valence-electron chi connectivity index (χ1n) is 35.0. The molecule has 480 valence electrons. The molecule has 6 N–H and O–H groups in total. The van der Waals surface area contributed by atoms with Gasteiger partial charge in [-0.1, -0.05) is 317 Å². The fraction of sp³-hybridized carbons (Fsp3) is 0.770. The molecule has 9 heteroatoms. The van der Waals surface area contributed by atoms with Gasteiger partial charge in [-0.25, -0.2) is 0 Å². The number of carbonyl (C=O) groups excluding carboxylic acids is 1. The molecule has 0 spiro atoms. The molecular weight excluding hydrogens is 1030 g/mol. The normalized spacial score (nSPS) is 18.9. The Kier molecular flexibility index (Phi) is 58.5. The van der Waals surface area contributed by atoms with Crippen molar-refractivity contribution in [3.63, 3.8) is 0 Å². The van der Waals surface area contributed by atoms with Crippen LogP contribution in [0.3, 0.4) is 0 Å². The third-order valence-electron chi connectivity index (χ3n) is 16.1. The molecule has 1 rings (SSSR count). The summed E-state index contributed by atoms with van der Waals surface area (Å²) in [6, 6.07) is -0.835. The summed E-state index contributed by atoms with van der Waals surface area (Å²) in [6.45, 7) is 3.67. The maximum atomic E-state index is 13.1. The fourth-order valence-corrected chi connectivity index (χ4v) is 10.7. The number of hydrogen-bond acceptors (Lipinski definition) is 8. The van der Waals surface area contributed by atoms with Gasteiger partial charge in [0.25, 0.3) is 0 Å². The van der Waals surface area contributed by atoms with E-state index in [9.17, 15) is 30.3 Å². The van der Waals surface area contributed by atoms with E-state index in [4.69, 9.17) is 9.47 Å². The summed E-state index contributed by atoms with van der Waals surface area (Å²) < 4.78 is 11.3. The Labute approximate surface area is 511 Å². The molecule has 1 amide bonds. The molecule has 1 aliphatic rings. The molecule has 0 radical (unpaired) electrons. The molecule has 1 saturated heterocycles. The van der Waals surface area contributed by atoms with E-state index in [2.05, 4.69) is 104 Å². The van der Waals surface area contributed by atoms with Gasteiger partial charge in [0.05, 0.1) is 25.4 Å². The highest BCUT2D eigenvalue weighted by Gasteiger charge is 2.44. The van der Waals surface area contributed by atoms with Crippen LogP contribution < -0.4 is 5.32 Å². The maximum Gasteiger partial charge on any atom is 0.220 e. The van der Waals surface area contributed by atoms with Crippen molar-refractivity contribution in [2.75, 3.05) is 13.2 Å². The number of aliphatic hydroxyl groups excluding tert-OH is 5. The predicted octanol–water partition coefficient (Wildman–Crippen LogP) is 19.1. The second kappa shape index (κ2) is 62.2. The van der Waals surface area contributed by atoms with E-state index in [1.165, 1.54) is 199 Å². The van der Waals surface area contributed by atoms with Gasteiger partial charge in [0.2, 0.25) is 5.91 Å². The van der Waals surface area contributed by atoms with Gasteiger partial charge in [-0.3, -0.25) is 4.79 Å². The number of nitrogens with one attached hydrogen (secondary N) is 1. The molecule has 7 atom stereocenters. The van der Waals surface area contributed by atoms with Crippen LogP contribution in [-0.4, -0.2) is 87.5 Å². The number of amides is 1. The van der Waals surface area contributed by atoms with Crippen molar-refractivity contribution in [2.45, 2.75) is 352 Å². The highest BCUT2D eigenvalue weighted by molar-refractivity contribution is 5.76. The number of unbranched alkanes of at least 4 members (excludes halogenated alkanes) is 36. The van der Waals surface area contributed by atoms with E-state index in [1.807, 2.05) is 6.08 Å². The third-order valence-corrected chi connectivity index (χ3v) is 16.1. The average Bonchev–Trinajstić information content (AvgIpc) is 3.60. The summed E-state index contributed by atoms with van der Waals surface area (Å²) in [4.78, 5) is 13.1. The Morgan fingerprint density at radius 2 is 0.759 bits per heavy atom. The minimum absolute atomic E-state index is 0.196. The first-order valence-corrected chi connectivity index (χ1v) is 35.0. The second-order valence-corrected chi connectivity index (χ2v) is 23.9. The van der Waals surface area contributed by atoms with Crippen LogP contribution in [0, 0.1) is 0 Å². The summed E-state index contributed by atoms with van der Waals surface area (Å²) in [5.74, 6) is -0.196. The van der Waals surface area contributed by atoms with E-state index < -0.39 is 49.5 Å². The lowest BCUT2D eigenvalue weighted by Crippen LogP contribution is -2.60.